The fourth-order valence-corrected chi connectivity index (χ4v) is 4.94. The Kier molecular flexibility index (Phi) is 4.95. The van der Waals surface area contributed by atoms with E-state index < -0.39 is 5.92 Å². The van der Waals surface area contributed by atoms with Crippen LogP contribution in [0.3, 0.4) is 0 Å². The maximum atomic E-state index is 13.4. The highest BCUT2D eigenvalue weighted by molar-refractivity contribution is 6.03. The highest BCUT2D eigenvalue weighted by atomic mass is 16.2. The third-order valence-corrected chi connectivity index (χ3v) is 6.90. The van der Waals surface area contributed by atoms with Crippen molar-refractivity contribution in [3.05, 3.63) is 35.9 Å². The third kappa shape index (κ3) is 3.36. The Hall–Kier alpha value is -1.92. The third-order valence-electron chi connectivity index (χ3n) is 6.90. The lowest BCUT2D eigenvalue weighted by molar-refractivity contribution is -0.146. The van der Waals surface area contributed by atoms with Gasteiger partial charge in [-0.15, -0.1) is 0 Å². The summed E-state index contributed by atoms with van der Waals surface area (Å²) in [6.07, 6.45) is 2.14. The molecule has 0 aliphatic carbocycles. The molecule has 3 fully saturated rings. The minimum absolute atomic E-state index is 0.00487. The number of piperidine rings is 1. The van der Waals surface area contributed by atoms with E-state index >= 15 is 0 Å². The van der Waals surface area contributed by atoms with Crippen molar-refractivity contribution in [3.63, 3.8) is 0 Å². The molecule has 2 unspecified atom stereocenters. The van der Waals surface area contributed by atoms with Crippen LogP contribution in [-0.4, -0.2) is 85.4 Å². The van der Waals surface area contributed by atoms with E-state index in [2.05, 4.69) is 29.2 Å². The van der Waals surface area contributed by atoms with Crippen LogP contribution in [0, 0.1) is 5.92 Å². The van der Waals surface area contributed by atoms with Crippen LogP contribution in [0.1, 0.15) is 24.3 Å². The Balaban J connectivity index is 1.53. The lowest BCUT2D eigenvalue weighted by atomic mass is 9.82. The average molecular weight is 370 g/mol. The molecule has 1 spiro atoms. The fraction of sp³-hybridized carbons (Fsp3) is 0.619. The molecule has 2 atom stereocenters. The molecular formula is C21H30N4O2. The van der Waals surface area contributed by atoms with Crippen LogP contribution in [0.2, 0.25) is 0 Å². The molecule has 3 heterocycles. The van der Waals surface area contributed by atoms with Gasteiger partial charge < -0.3 is 15.1 Å². The van der Waals surface area contributed by atoms with Crippen molar-refractivity contribution in [1.82, 2.24) is 20.0 Å². The maximum absolute atomic E-state index is 13.4. The molecule has 6 heteroatoms. The molecular weight excluding hydrogens is 340 g/mol. The van der Waals surface area contributed by atoms with Gasteiger partial charge in [-0.3, -0.25) is 14.5 Å². The number of nitrogens with zero attached hydrogens (tertiary/aromatic N) is 3. The van der Waals surface area contributed by atoms with Gasteiger partial charge in [0.1, 0.15) is 5.92 Å². The van der Waals surface area contributed by atoms with Gasteiger partial charge in [-0.1, -0.05) is 30.3 Å². The smallest absolute Gasteiger partial charge is 0.235 e. The first-order chi connectivity index (χ1) is 13.0. The monoisotopic (exact) mass is 370 g/mol. The summed E-state index contributed by atoms with van der Waals surface area (Å²) in [4.78, 5) is 32.7. The van der Waals surface area contributed by atoms with Crippen LogP contribution in [-0.2, 0) is 9.59 Å². The first kappa shape index (κ1) is 18.4. The molecule has 2 amide bonds. The van der Waals surface area contributed by atoms with E-state index in [9.17, 15) is 9.59 Å². The van der Waals surface area contributed by atoms with E-state index in [4.69, 9.17) is 0 Å². The van der Waals surface area contributed by atoms with E-state index in [0.717, 1.165) is 44.6 Å². The second-order valence-corrected chi connectivity index (χ2v) is 8.45. The number of likely N-dealkylation sites (tertiary alicyclic amines) is 1. The fourth-order valence-electron chi connectivity index (χ4n) is 4.94. The predicted octanol–water partition coefficient (Wildman–Crippen LogP) is 0.755. The molecule has 3 aliphatic rings. The van der Waals surface area contributed by atoms with E-state index in [1.807, 2.05) is 35.2 Å². The summed E-state index contributed by atoms with van der Waals surface area (Å²) in [5, 5.41) is 2.92. The molecule has 4 rings (SSSR count). The van der Waals surface area contributed by atoms with E-state index in [1.54, 1.807) is 0 Å². The second kappa shape index (κ2) is 7.24. The first-order valence-corrected chi connectivity index (χ1v) is 10.0. The minimum atomic E-state index is -0.598. The molecule has 27 heavy (non-hydrogen) atoms. The normalized spacial score (nSPS) is 29.1. The number of nitrogens with one attached hydrogen (secondary N) is 1. The van der Waals surface area contributed by atoms with Crippen LogP contribution in [0.5, 0.6) is 0 Å². The summed E-state index contributed by atoms with van der Waals surface area (Å²) in [5.74, 6) is -0.783. The van der Waals surface area contributed by atoms with Gasteiger partial charge in [0.25, 0.3) is 0 Å². The van der Waals surface area contributed by atoms with Crippen LogP contribution < -0.4 is 5.32 Å². The molecule has 3 saturated heterocycles. The van der Waals surface area contributed by atoms with Crippen molar-refractivity contribution >= 4 is 11.8 Å². The largest absolute Gasteiger partial charge is 0.355 e. The summed E-state index contributed by atoms with van der Waals surface area (Å²) in [7, 11) is 4.34. The topological polar surface area (TPSA) is 55.9 Å². The Morgan fingerprint density at radius 2 is 1.78 bits per heavy atom. The average Bonchev–Trinajstić information content (AvgIpc) is 3.08. The number of carbonyl (C=O) groups is 2. The van der Waals surface area contributed by atoms with E-state index in [1.165, 1.54) is 0 Å². The standard InChI is InChI=1S/C21H30N4O2/c1-23-10-8-21(9-11-23)15-25(13-12-24(21)2)20(27)18-17(14-22-19(18)26)16-6-4-3-5-7-16/h3-7,17-18H,8-15H2,1-2H3,(H,22,26). The molecule has 1 aromatic carbocycles. The number of carbonyl (C=O) groups excluding carboxylic acids is 2. The molecule has 0 aromatic heterocycles. The minimum Gasteiger partial charge on any atom is -0.355 e. The lowest BCUT2D eigenvalue weighted by Crippen LogP contribution is -2.65. The maximum Gasteiger partial charge on any atom is 0.235 e. The molecule has 1 N–H and O–H groups in total. The zero-order valence-electron chi connectivity index (χ0n) is 16.4. The highest BCUT2D eigenvalue weighted by Crippen LogP contribution is 2.35. The number of amides is 2. The van der Waals surface area contributed by atoms with Gasteiger partial charge in [0.2, 0.25) is 11.8 Å². The Morgan fingerprint density at radius 1 is 1.07 bits per heavy atom. The van der Waals surface area contributed by atoms with Gasteiger partial charge in [0, 0.05) is 37.6 Å². The SMILES string of the molecule is CN1CCC2(CC1)CN(C(=O)C1C(=O)NCC1c1ccccc1)CCN2C. The second-order valence-electron chi connectivity index (χ2n) is 8.45. The zero-order chi connectivity index (χ0) is 19.0. The van der Waals surface area contributed by atoms with Gasteiger partial charge in [0.05, 0.1) is 0 Å². The van der Waals surface area contributed by atoms with Crippen molar-refractivity contribution in [2.75, 3.05) is 53.4 Å². The summed E-state index contributed by atoms with van der Waals surface area (Å²) in [6, 6.07) is 9.96. The Labute approximate surface area is 161 Å². The molecule has 0 saturated carbocycles. The van der Waals surface area contributed by atoms with Crippen molar-refractivity contribution in [2.24, 2.45) is 5.92 Å². The molecule has 1 aromatic rings. The Bertz CT molecular complexity index is 699. The van der Waals surface area contributed by atoms with Crippen molar-refractivity contribution in [1.29, 1.82) is 0 Å². The van der Waals surface area contributed by atoms with Crippen LogP contribution in [0.15, 0.2) is 30.3 Å². The van der Waals surface area contributed by atoms with Crippen LogP contribution >= 0.6 is 0 Å². The summed E-state index contributed by atoms with van der Waals surface area (Å²) in [6.45, 7) is 4.98. The molecule has 0 radical (unpaired) electrons. The highest BCUT2D eigenvalue weighted by Gasteiger charge is 2.47. The van der Waals surface area contributed by atoms with Gasteiger partial charge in [-0.05, 0) is 45.6 Å². The summed E-state index contributed by atoms with van der Waals surface area (Å²) >= 11 is 0. The number of piperazine rings is 1. The van der Waals surface area contributed by atoms with Crippen molar-refractivity contribution < 1.29 is 9.59 Å². The Morgan fingerprint density at radius 3 is 2.48 bits per heavy atom. The van der Waals surface area contributed by atoms with Gasteiger partial charge in [0.15, 0.2) is 0 Å². The van der Waals surface area contributed by atoms with Gasteiger partial charge in [-0.2, -0.15) is 0 Å². The number of likely N-dealkylation sites (N-methyl/N-ethyl adjacent to an activating group) is 1. The lowest BCUT2D eigenvalue weighted by Gasteiger charge is -2.53. The number of rotatable bonds is 2. The summed E-state index contributed by atoms with van der Waals surface area (Å²) < 4.78 is 0. The van der Waals surface area contributed by atoms with Gasteiger partial charge in [-0.25, -0.2) is 0 Å². The quantitative estimate of drug-likeness (QED) is 0.781. The predicted molar refractivity (Wildman–Crippen MR) is 104 cm³/mol. The summed E-state index contributed by atoms with van der Waals surface area (Å²) in [5.41, 5.74) is 1.12. The first-order valence-electron chi connectivity index (χ1n) is 10.0. The number of hydrogen-bond acceptors (Lipinski definition) is 4. The molecule has 6 nitrogen and oxygen atoms in total. The van der Waals surface area contributed by atoms with Crippen LogP contribution in [0.4, 0.5) is 0 Å². The van der Waals surface area contributed by atoms with E-state index in [-0.39, 0.29) is 23.3 Å². The zero-order valence-corrected chi connectivity index (χ0v) is 16.4. The number of benzene rings is 1. The van der Waals surface area contributed by atoms with Gasteiger partial charge >= 0.3 is 0 Å². The number of hydrogen-bond donors (Lipinski definition) is 1. The van der Waals surface area contributed by atoms with Crippen molar-refractivity contribution in [2.45, 2.75) is 24.3 Å². The molecule has 146 valence electrons. The van der Waals surface area contributed by atoms with Crippen molar-refractivity contribution in [3.8, 4) is 0 Å². The van der Waals surface area contributed by atoms with Crippen LogP contribution in [0.25, 0.3) is 0 Å². The molecule has 0 bridgehead atoms. The molecule has 3 aliphatic heterocycles. The van der Waals surface area contributed by atoms with E-state index in [0.29, 0.717) is 13.1 Å².